The highest BCUT2D eigenvalue weighted by atomic mass is 19.1. The zero-order valence-electron chi connectivity index (χ0n) is 12.1. The van der Waals surface area contributed by atoms with E-state index >= 15 is 0 Å². The van der Waals surface area contributed by atoms with Crippen LogP contribution >= 0.6 is 0 Å². The van der Waals surface area contributed by atoms with Crippen LogP contribution in [0, 0.1) is 5.82 Å². The number of benzene rings is 1. The molecule has 0 aliphatic heterocycles. The van der Waals surface area contributed by atoms with E-state index in [2.05, 4.69) is 4.98 Å². The summed E-state index contributed by atoms with van der Waals surface area (Å²) in [6, 6.07) is 10.0. The average Bonchev–Trinajstić information content (AvgIpc) is 2.44. The third kappa shape index (κ3) is 3.78. The van der Waals surface area contributed by atoms with E-state index in [4.69, 9.17) is 5.73 Å². The maximum Gasteiger partial charge on any atom is 0.272 e. The average molecular weight is 287 g/mol. The van der Waals surface area contributed by atoms with Crippen LogP contribution in [0.2, 0.25) is 0 Å². The summed E-state index contributed by atoms with van der Waals surface area (Å²) in [5, 5.41) is 0. The van der Waals surface area contributed by atoms with Crippen LogP contribution in [-0.4, -0.2) is 21.8 Å². The second kappa shape index (κ2) is 6.35. The number of amides is 1. The summed E-state index contributed by atoms with van der Waals surface area (Å²) < 4.78 is 12.9. The van der Waals surface area contributed by atoms with E-state index in [-0.39, 0.29) is 17.6 Å². The number of hydrogen-bond acceptors (Lipinski definition) is 3. The Morgan fingerprint density at radius 3 is 2.67 bits per heavy atom. The number of rotatable bonds is 4. The highest BCUT2D eigenvalue weighted by Gasteiger charge is 2.20. The number of nitrogens with zero attached hydrogens (tertiary/aromatic N) is 2. The predicted octanol–water partition coefficient (Wildman–Crippen LogP) is 2.85. The molecule has 2 N–H and O–H groups in total. The van der Waals surface area contributed by atoms with Gasteiger partial charge in [0.2, 0.25) is 0 Å². The summed E-state index contributed by atoms with van der Waals surface area (Å²) in [5.41, 5.74) is 7.59. The zero-order chi connectivity index (χ0) is 15.4. The van der Waals surface area contributed by atoms with Crippen molar-refractivity contribution in [1.29, 1.82) is 0 Å². The summed E-state index contributed by atoms with van der Waals surface area (Å²) in [6.45, 7) is 4.28. The van der Waals surface area contributed by atoms with Crippen molar-refractivity contribution < 1.29 is 9.18 Å². The number of aromatic nitrogens is 1. The Morgan fingerprint density at radius 2 is 2.10 bits per heavy atom. The van der Waals surface area contributed by atoms with Crippen LogP contribution in [0.1, 0.15) is 29.9 Å². The van der Waals surface area contributed by atoms with Gasteiger partial charge in [-0.05, 0) is 43.7 Å². The molecular weight excluding hydrogens is 269 g/mol. The van der Waals surface area contributed by atoms with Crippen molar-refractivity contribution in [3.05, 3.63) is 59.7 Å². The minimum Gasteiger partial charge on any atom is -0.399 e. The second-order valence-electron chi connectivity index (χ2n) is 5.13. The molecule has 0 saturated carbocycles. The first-order chi connectivity index (χ1) is 9.97. The summed E-state index contributed by atoms with van der Waals surface area (Å²) in [7, 11) is 0. The van der Waals surface area contributed by atoms with Gasteiger partial charge >= 0.3 is 0 Å². The monoisotopic (exact) mass is 287 g/mol. The highest BCUT2D eigenvalue weighted by Crippen LogP contribution is 2.14. The maximum atomic E-state index is 12.9. The molecule has 5 heteroatoms. The smallest absolute Gasteiger partial charge is 0.272 e. The first-order valence-electron chi connectivity index (χ1n) is 6.74. The molecule has 21 heavy (non-hydrogen) atoms. The fourth-order valence-corrected chi connectivity index (χ4v) is 2.03. The molecule has 2 aromatic rings. The Morgan fingerprint density at radius 1 is 1.33 bits per heavy atom. The molecule has 0 aliphatic rings. The van der Waals surface area contributed by atoms with Crippen LogP contribution in [0.25, 0.3) is 0 Å². The lowest BCUT2D eigenvalue weighted by Crippen LogP contribution is -2.36. The van der Waals surface area contributed by atoms with Gasteiger partial charge in [-0.1, -0.05) is 12.1 Å². The molecule has 0 bridgehead atoms. The van der Waals surface area contributed by atoms with E-state index in [1.54, 1.807) is 11.0 Å². The first kappa shape index (κ1) is 15.0. The molecule has 1 aromatic heterocycles. The van der Waals surface area contributed by atoms with Gasteiger partial charge in [0.15, 0.2) is 0 Å². The van der Waals surface area contributed by atoms with Gasteiger partial charge in [-0.25, -0.2) is 9.37 Å². The van der Waals surface area contributed by atoms with Gasteiger partial charge in [0.1, 0.15) is 11.5 Å². The van der Waals surface area contributed by atoms with Crippen LogP contribution in [0.5, 0.6) is 0 Å². The minimum absolute atomic E-state index is 0.00853. The third-order valence-corrected chi connectivity index (χ3v) is 3.13. The Hall–Kier alpha value is -2.43. The van der Waals surface area contributed by atoms with Crippen molar-refractivity contribution in [1.82, 2.24) is 9.88 Å². The highest BCUT2D eigenvalue weighted by molar-refractivity contribution is 5.92. The van der Waals surface area contributed by atoms with Crippen molar-refractivity contribution in [2.45, 2.75) is 26.4 Å². The molecule has 0 aliphatic carbocycles. The summed E-state index contributed by atoms with van der Waals surface area (Å²) in [4.78, 5) is 18.0. The van der Waals surface area contributed by atoms with Crippen LogP contribution in [0.4, 0.5) is 10.1 Å². The molecule has 2 rings (SSSR count). The molecule has 1 heterocycles. The maximum absolute atomic E-state index is 12.9. The van der Waals surface area contributed by atoms with E-state index < -0.39 is 5.82 Å². The van der Waals surface area contributed by atoms with Crippen LogP contribution < -0.4 is 5.73 Å². The number of pyridine rings is 1. The Kier molecular flexibility index (Phi) is 4.52. The molecule has 1 aromatic carbocycles. The van der Waals surface area contributed by atoms with Gasteiger partial charge in [0.25, 0.3) is 5.91 Å². The lowest BCUT2D eigenvalue weighted by atomic mass is 10.1. The van der Waals surface area contributed by atoms with Gasteiger partial charge in [-0.2, -0.15) is 0 Å². The number of anilines is 1. The first-order valence-corrected chi connectivity index (χ1v) is 6.74. The fraction of sp³-hybridized carbons (Fsp3) is 0.250. The SMILES string of the molecule is CC(C)N(Cc1cccc(N)c1)C(=O)c1ccc(F)cn1. The third-order valence-electron chi connectivity index (χ3n) is 3.13. The summed E-state index contributed by atoms with van der Waals surface area (Å²) in [6.07, 6.45) is 1.05. The quantitative estimate of drug-likeness (QED) is 0.880. The van der Waals surface area contributed by atoms with Gasteiger partial charge in [-0.15, -0.1) is 0 Å². The van der Waals surface area contributed by atoms with Gasteiger partial charge in [-0.3, -0.25) is 4.79 Å². The fourth-order valence-electron chi connectivity index (χ4n) is 2.03. The molecule has 110 valence electrons. The largest absolute Gasteiger partial charge is 0.399 e. The second-order valence-corrected chi connectivity index (χ2v) is 5.13. The van der Waals surface area contributed by atoms with Crippen LogP contribution in [-0.2, 0) is 6.54 Å². The van der Waals surface area contributed by atoms with Crippen LogP contribution in [0.15, 0.2) is 42.6 Å². The molecule has 1 amide bonds. The molecule has 0 fully saturated rings. The number of hydrogen-bond donors (Lipinski definition) is 1. The van der Waals surface area contributed by atoms with E-state index in [9.17, 15) is 9.18 Å². The number of nitrogen functional groups attached to an aromatic ring is 1. The molecule has 0 saturated heterocycles. The molecule has 0 unspecified atom stereocenters. The van der Waals surface area contributed by atoms with E-state index in [1.165, 1.54) is 12.1 Å². The van der Waals surface area contributed by atoms with Gasteiger partial charge < -0.3 is 10.6 Å². The van der Waals surface area contributed by atoms with Gasteiger partial charge in [0, 0.05) is 18.3 Å². The topological polar surface area (TPSA) is 59.2 Å². The number of nitrogens with two attached hydrogens (primary N) is 1. The Balaban J connectivity index is 2.22. The Bertz CT molecular complexity index is 626. The minimum atomic E-state index is -0.460. The Labute approximate surface area is 123 Å². The van der Waals surface area contributed by atoms with Crippen molar-refractivity contribution in [3.8, 4) is 0 Å². The van der Waals surface area contributed by atoms with E-state index in [0.29, 0.717) is 12.2 Å². The lowest BCUT2D eigenvalue weighted by Gasteiger charge is -2.26. The standard InChI is InChI=1S/C16H18FN3O/c1-11(2)20(10-12-4-3-5-14(18)8-12)16(21)15-7-6-13(17)9-19-15/h3-9,11H,10,18H2,1-2H3. The van der Waals surface area contributed by atoms with Crippen molar-refractivity contribution >= 4 is 11.6 Å². The molecular formula is C16H18FN3O. The van der Waals surface area contributed by atoms with Crippen molar-refractivity contribution in [3.63, 3.8) is 0 Å². The molecule has 0 spiro atoms. The molecule has 4 nitrogen and oxygen atoms in total. The van der Waals surface area contributed by atoms with Crippen molar-refractivity contribution in [2.75, 3.05) is 5.73 Å². The number of carbonyl (C=O) groups excluding carboxylic acids is 1. The number of halogens is 1. The molecule has 0 radical (unpaired) electrons. The van der Waals surface area contributed by atoms with Crippen LogP contribution in [0.3, 0.4) is 0 Å². The number of carbonyl (C=O) groups is 1. The van der Waals surface area contributed by atoms with Crippen molar-refractivity contribution in [2.24, 2.45) is 0 Å². The lowest BCUT2D eigenvalue weighted by molar-refractivity contribution is 0.0684. The summed E-state index contributed by atoms with van der Waals surface area (Å²) in [5.74, 6) is -0.689. The zero-order valence-corrected chi connectivity index (χ0v) is 12.1. The summed E-state index contributed by atoms with van der Waals surface area (Å²) >= 11 is 0. The van der Waals surface area contributed by atoms with E-state index in [1.807, 2.05) is 32.0 Å². The van der Waals surface area contributed by atoms with E-state index in [0.717, 1.165) is 11.8 Å². The molecule has 0 atom stereocenters. The normalized spacial score (nSPS) is 10.7. The predicted molar refractivity (Wildman–Crippen MR) is 80.1 cm³/mol. The van der Waals surface area contributed by atoms with Gasteiger partial charge in [0.05, 0.1) is 6.20 Å².